The number of piperidine rings is 1. The number of ether oxygens (including phenoxy) is 3. The normalized spacial score (nSPS) is 15.7. The summed E-state index contributed by atoms with van der Waals surface area (Å²) in [4.78, 5) is 31.3. The smallest absolute Gasteiger partial charge is 0.303 e. The van der Waals surface area contributed by atoms with Crippen LogP contribution in [0.15, 0.2) is 36.4 Å². The van der Waals surface area contributed by atoms with Crippen LogP contribution in [0.3, 0.4) is 0 Å². The molecule has 45 heavy (non-hydrogen) atoms. The number of nitrogens with zero attached hydrogens (tertiary/aromatic N) is 2. The van der Waals surface area contributed by atoms with E-state index in [1.54, 1.807) is 0 Å². The van der Waals surface area contributed by atoms with Crippen LogP contribution in [0.5, 0.6) is 5.75 Å². The molecule has 0 aliphatic carbocycles. The Morgan fingerprint density at radius 1 is 1.00 bits per heavy atom. The highest BCUT2D eigenvalue weighted by Gasteiger charge is 2.27. The number of aliphatic carboxylic acids is 1. The molecule has 3 heterocycles. The molecule has 2 aromatic rings. The van der Waals surface area contributed by atoms with Crippen LogP contribution in [0.1, 0.15) is 61.3 Å². The van der Waals surface area contributed by atoms with Crippen LogP contribution in [0, 0.1) is 5.92 Å². The van der Waals surface area contributed by atoms with Crippen LogP contribution in [0.25, 0.3) is 0 Å². The highest BCUT2D eigenvalue weighted by atomic mass is 16.5. The number of carboxylic acid groups (broad SMARTS) is 1. The number of fused-ring (bicyclic) bond motifs is 1. The fourth-order valence-corrected chi connectivity index (χ4v) is 5.99. The summed E-state index contributed by atoms with van der Waals surface area (Å²) in [5, 5.41) is 24.7. The van der Waals surface area contributed by atoms with Crippen molar-refractivity contribution >= 4 is 17.7 Å². The maximum Gasteiger partial charge on any atom is 0.303 e. The zero-order valence-corrected chi connectivity index (χ0v) is 26.4. The number of aromatic nitrogens is 1. The molecular weight excluding hydrogens is 576 g/mol. The predicted molar refractivity (Wildman–Crippen MR) is 172 cm³/mol. The maximum atomic E-state index is 13.0. The lowest BCUT2D eigenvalue weighted by atomic mass is 9.82. The number of rotatable bonds is 20. The Morgan fingerprint density at radius 3 is 2.51 bits per heavy atom. The zero-order valence-electron chi connectivity index (χ0n) is 26.4. The largest absolute Gasteiger partial charge is 0.491 e. The standard InChI is InChI=1S/C34H50N4O7/c39-18-14-35-15-19-43-20-21-44-22-23-45-31-8-4-27(5-9-31)29(25-33(41)42)24-26-11-16-38(17-12-26)32(40)10-7-30-6-3-28-2-1-13-36-34(28)37-30/h3-6,8-9,26,29,35,39H,1-2,7,10-25H2,(H,36,37)(H,41,42). The molecule has 4 N–H and O–H groups in total. The summed E-state index contributed by atoms with van der Waals surface area (Å²) in [5.74, 6) is 1.33. The molecule has 1 atom stereocenters. The van der Waals surface area contributed by atoms with Gasteiger partial charge >= 0.3 is 5.97 Å². The number of carbonyl (C=O) groups is 2. The van der Waals surface area contributed by atoms with E-state index in [0.717, 1.165) is 61.5 Å². The van der Waals surface area contributed by atoms with Gasteiger partial charge in [-0.2, -0.15) is 0 Å². The number of likely N-dealkylation sites (tertiary alicyclic amines) is 1. The van der Waals surface area contributed by atoms with E-state index in [-0.39, 0.29) is 24.9 Å². The SMILES string of the molecule is O=C(O)CC(CC1CCN(C(=O)CCc2ccc3c(n2)NCCC3)CC1)c1ccc(OCCOCCOCCNCCO)cc1. The lowest BCUT2D eigenvalue weighted by Gasteiger charge is -2.33. The molecular formula is C34H50N4O7. The van der Waals surface area contributed by atoms with Crippen molar-refractivity contribution in [2.24, 2.45) is 5.92 Å². The van der Waals surface area contributed by atoms with Crippen molar-refractivity contribution in [3.63, 3.8) is 0 Å². The van der Waals surface area contributed by atoms with Crippen molar-refractivity contribution in [1.82, 2.24) is 15.2 Å². The average molecular weight is 627 g/mol. The number of aliphatic hydroxyl groups is 1. The molecule has 0 saturated carbocycles. The number of hydrogen-bond donors (Lipinski definition) is 4. The summed E-state index contributed by atoms with van der Waals surface area (Å²) >= 11 is 0. The first-order valence-corrected chi connectivity index (χ1v) is 16.4. The summed E-state index contributed by atoms with van der Waals surface area (Å²) in [6, 6.07) is 11.9. The van der Waals surface area contributed by atoms with Gasteiger partial charge in [-0.05, 0) is 79.7 Å². The number of nitrogens with one attached hydrogen (secondary N) is 2. The molecule has 1 unspecified atom stereocenters. The lowest BCUT2D eigenvalue weighted by molar-refractivity contribution is -0.137. The maximum absolute atomic E-state index is 13.0. The fourth-order valence-electron chi connectivity index (χ4n) is 5.99. The number of carboxylic acids is 1. The Kier molecular flexibility index (Phi) is 14.9. The highest BCUT2D eigenvalue weighted by molar-refractivity contribution is 5.76. The van der Waals surface area contributed by atoms with Gasteiger partial charge < -0.3 is 40.0 Å². The van der Waals surface area contributed by atoms with E-state index in [1.165, 1.54) is 5.56 Å². The molecule has 248 valence electrons. The second kappa shape index (κ2) is 19.3. The minimum atomic E-state index is -0.804. The second-order valence-corrected chi connectivity index (χ2v) is 11.8. The van der Waals surface area contributed by atoms with Gasteiger partial charge in [-0.15, -0.1) is 0 Å². The lowest BCUT2D eigenvalue weighted by Crippen LogP contribution is -2.39. The molecule has 2 aliphatic heterocycles. The van der Waals surface area contributed by atoms with E-state index in [4.69, 9.17) is 24.3 Å². The van der Waals surface area contributed by atoms with E-state index < -0.39 is 5.97 Å². The van der Waals surface area contributed by atoms with E-state index in [2.05, 4.69) is 16.7 Å². The number of anilines is 1. The third-order valence-corrected chi connectivity index (χ3v) is 8.48. The van der Waals surface area contributed by atoms with Gasteiger partial charge in [0.15, 0.2) is 0 Å². The summed E-state index contributed by atoms with van der Waals surface area (Å²) < 4.78 is 16.8. The summed E-state index contributed by atoms with van der Waals surface area (Å²) in [6.07, 6.45) is 5.91. The molecule has 0 radical (unpaired) electrons. The predicted octanol–water partition coefficient (Wildman–Crippen LogP) is 3.25. The molecule has 1 aromatic heterocycles. The van der Waals surface area contributed by atoms with Crippen LogP contribution in [0.4, 0.5) is 5.82 Å². The number of benzene rings is 1. The summed E-state index contributed by atoms with van der Waals surface area (Å²) in [5.41, 5.74) is 3.20. The number of aliphatic hydroxyl groups excluding tert-OH is 1. The minimum absolute atomic E-state index is 0.0788. The van der Waals surface area contributed by atoms with Crippen molar-refractivity contribution in [3.05, 3.63) is 53.2 Å². The topological polar surface area (TPSA) is 142 Å². The molecule has 11 nitrogen and oxygen atoms in total. The number of hydrogen-bond acceptors (Lipinski definition) is 9. The van der Waals surface area contributed by atoms with Gasteiger partial charge in [0, 0.05) is 44.8 Å². The molecule has 1 saturated heterocycles. The van der Waals surface area contributed by atoms with Crippen molar-refractivity contribution in [2.75, 3.05) is 77.7 Å². The summed E-state index contributed by atoms with van der Waals surface area (Å²) in [7, 11) is 0. The Labute approximate surface area is 266 Å². The first-order chi connectivity index (χ1) is 22.0. The minimum Gasteiger partial charge on any atom is -0.491 e. The quantitative estimate of drug-likeness (QED) is 0.162. The van der Waals surface area contributed by atoms with Crippen LogP contribution >= 0.6 is 0 Å². The molecule has 0 spiro atoms. The molecule has 11 heteroatoms. The van der Waals surface area contributed by atoms with Gasteiger partial charge in [0.1, 0.15) is 18.2 Å². The Balaban J connectivity index is 1.14. The van der Waals surface area contributed by atoms with Crippen molar-refractivity contribution in [2.45, 2.75) is 57.3 Å². The van der Waals surface area contributed by atoms with Crippen LogP contribution in [0.2, 0.25) is 0 Å². The summed E-state index contributed by atoms with van der Waals surface area (Å²) in [6.45, 7) is 6.16. The van der Waals surface area contributed by atoms with Crippen molar-refractivity contribution in [1.29, 1.82) is 0 Å². The van der Waals surface area contributed by atoms with Crippen LogP contribution in [-0.4, -0.2) is 104 Å². The molecule has 1 fully saturated rings. The highest BCUT2D eigenvalue weighted by Crippen LogP contribution is 2.33. The van der Waals surface area contributed by atoms with Gasteiger partial charge in [-0.1, -0.05) is 18.2 Å². The van der Waals surface area contributed by atoms with Gasteiger partial charge in [0.05, 0.1) is 39.5 Å². The first-order valence-electron chi connectivity index (χ1n) is 16.4. The van der Waals surface area contributed by atoms with E-state index in [1.807, 2.05) is 35.2 Å². The second-order valence-electron chi connectivity index (χ2n) is 11.8. The molecule has 1 amide bonds. The number of amides is 1. The molecule has 4 rings (SSSR count). The Morgan fingerprint density at radius 2 is 1.76 bits per heavy atom. The van der Waals surface area contributed by atoms with Gasteiger partial charge in [0.25, 0.3) is 0 Å². The monoisotopic (exact) mass is 626 g/mol. The van der Waals surface area contributed by atoms with Gasteiger partial charge in [-0.25, -0.2) is 4.98 Å². The van der Waals surface area contributed by atoms with Gasteiger partial charge in [0.2, 0.25) is 5.91 Å². The van der Waals surface area contributed by atoms with Crippen LogP contribution in [-0.2, 0) is 31.9 Å². The number of carbonyl (C=O) groups excluding carboxylic acids is 1. The molecule has 0 bridgehead atoms. The Bertz CT molecular complexity index is 1170. The Hall–Kier alpha value is -3.25. The fraction of sp³-hybridized carbons (Fsp3) is 0.618. The third kappa shape index (κ3) is 12.2. The number of pyridine rings is 1. The number of aryl methyl sites for hydroxylation is 2. The zero-order chi connectivity index (χ0) is 31.7. The third-order valence-electron chi connectivity index (χ3n) is 8.48. The molecule has 1 aromatic carbocycles. The van der Waals surface area contributed by atoms with Crippen molar-refractivity contribution < 1.29 is 34.0 Å². The van der Waals surface area contributed by atoms with E-state index in [0.29, 0.717) is 78.0 Å². The first kappa shape index (κ1) is 34.6. The van der Waals surface area contributed by atoms with E-state index in [9.17, 15) is 14.7 Å². The molecule has 2 aliphatic rings. The van der Waals surface area contributed by atoms with Crippen LogP contribution < -0.4 is 15.4 Å². The van der Waals surface area contributed by atoms with E-state index >= 15 is 0 Å². The van der Waals surface area contributed by atoms with Gasteiger partial charge in [-0.3, -0.25) is 9.59 Å². The average Bonchev–Trinajstić information content (AvgIpc) is 3.06. The van der Waals surface area contributed by atoms with Crippen molar-refractivity contribution in [3.8, 4) is 5.75 Å².